The molecule has 0 spiro atoms. The summed E-state index contributed by atoms with van der Waals surface area (Å²) in [5.74, 6) is -1.01. The van der Waals surface area contributed by atoms with E-state index in [0.717, 1.165) is 6.42 Å². The van der Waals surface area contributed by atoms with Gasteiger partial charge in [0.2, 0.25) is 0 Å². The quantitative estimate of drug-likeness (QED) is 0.820. The molecule has 1 rings (SSSR count). The number of carbonyl (C=O) groups is 2. The molecule has 1 N–H and O–H groups in total. The van der Waals surface area contributed by atoms with Crippen LogP contribution in [0.3, 0.4) is 0 Å². The number of carboxylic acids is 1. The second kappa shape index (κ2) is 5.56. The number of rotatable bonds is 3. The molecule has 2 amide bonds. The van der Waals surface area contributed by atoms with Gasteiger partial charge in [-0.3, -0.25) is 0 Å². The van der Waals surface area contributed by atoms with E-state index in [1.807, 2.05) is 6.92 Å². The lowest BCUT2D eigenvalue weighted by Crippen LogP contribution is -2.59. The van der Waals surface area contributed by atoms with Crippen LogP contribution in [0.1, 0.15) is 27.2 Å². The minimum Gasteiger partial charge on any atom is -0.480 e. The van der Waals surface area contributed by atoms with Crippen LogP contribution >= 0.6 is 0 Å². The Bertz CT molecular complexity index is 330. The normalized spacial score (nSPS) is 20.7. The van der Waals surface area contributed by atoms with E-state index >= 15 is 0 Å². The van der Waals surface area contributed by atoms with Gasteiger partial charge < -0.3 is 19.6 Å². The Hall–Kier alpha value is -1.30. The van der Waals surface area contributed by atoms with Crippen LogP contribution in [-0.4, -0.2) is 65.3 Å². The fourth-order valence-electron chi connectivity index (χ4n) is 1.82. The molecule has 1 unspecified atom stereocenters. The molecule has 18 heavy (non-hydrogen) atoms. The number of likely N-dealkylation sites (N-methyl/N-ethyl adjacent to an activating group) is 1. The first kappa shape index (κ1) is 14.8. The van der Waals surface area contributed by atoms with Crippen molar-refractivity contribution in [3.05, 3.63) is 0 Å². The van der Waals surface area contributed by atoms with Crippen molar-refractivity contribution in [3.63, 3.8) is 0 Å². The van der Waals surface area contributed by atoms with Gasteiger partial charge in [0.1, 0.15) is 5.54 Å². The molecule has 104 valence electrons. The molecule has 0 saturated carbocycles. The zero-order chi connectivity index (χ0) is 13.9. The number of aliphatic carboxylic acids is 1. The lowest BCUT2D eigenvalue weighted by molar-refractivity contribution is -0.147. The molecule has 0 aliphatic carbocycles. The summed E-state index contributed by atoms with van der Waals surface area (Å²) in [7, 11) is 1.53. The second-order valence-electron chi connectivity index (χ2n) is 5.04. The lowest BCUT2D eigenvalue weighted by atomic mass is 10.0. The van der Waals surface area contributed by atoms with E-state index in [1.54, 1.807) is 4.90 Å². The summed E-state index contributed by atoms with van der Waals surface area (Å²) in [5.41, 5.74) is -1.21. The van der Waals surface area contributed by atoms with Crippen molar-refractivity contribution in [3.8, 4) is 0 Å². The summed E-state index contributed by atoms with van der Waals surface area (Å²) >= 11 is 0. The zero-order valence-electron chi connectivity index (χ0n) is 11.5. The van der Waals surface area contributed by atoms with E-state index < -0.39 is 11.5 Å². The Morgan fingerprint density at radius 2 is 2.11 bits per heavy atom. The minimum atomic E-state index is -1.21. The molecule has 1 atom stereocenters. The van der Waals surface area contributed by atoms with Gasteiger partial charge in [0.05, 0.1) is 19.3 Å². The number of carboxylic acid groups (broad SMARTS) is 1. The fourth-order valence-corrected chi connectivity index (χ4v) is 1.82. The molecule has 0 aromatic heterocycles. The molecular weight excluding hydrogens is 236 g/mol. The molecule has 0 aromatic carbocycles. The van der Waals surface area contributed by atoms with Gasteiger partial charge in [0.15, 0.2) is 0 Å². The molecule has 0 aromatic rings. The summed E-state index contributed by atoms with van der Waals surface area (Å²) in [5, 5.41) is 9.14. The second-order valence-corrected chi connectivity index (χ2v) is 5.04. The lowest BCUT2D eigenvalue weighted by Gasteiger charge is -2.41. The molecule has 1 heterocycles. The van der Waals surface area contributed by atoms with E-state index in [0.29, 0.717) is 19.8 Å². The molecule has 6 heteroatoms. The molecule has 0 bridgehead atoms. The van der Waals surface area contributed by atoms with Crippen LogP contribution in [0.5, 0.6) is 0 Å². The van der Waals surface area contributed by atoms with Crippen LogP contribution in [0.25, 0.3) is 0 Å². The summed E-state index contributed by atoms with van der Waals surface area (Å²) in [4.78, 5) is 26.5. The number of nitrogens with zero attached hydrogens (tertiary/aromatic N) is 2. The van der Waals surface area contributed by atoms with Gasteiger partial charge >= 0.3 is 12.0 Å². The van der Waals surface area contributed by atoms with Crippen molar-refractivity contribution in [1.29, 1.82) is 0 Å². The number of hydrogen-bond acceptors (Lipinski definition) is 3. The number of urea groups is 1. The Kier molecular flexibility index (Phi) is 4.56. The van der Waals surface area contributed by atoms with Crippen molar-refractivity contribution >= 4 is 12.0 Å². The van der Waals surface area contributed by atoms with Crippen LogP contribution in [0, 0.1) is 0 Å². The smallest absolute Gasteiger partial charge is 0.329 e. The first-order chi connectivity index (χ1) is 8.32. The van der Waals surface area contributed by atoms with Crippen molar-refractivity contribution in [1.82, 2.24) is 9.80 Å². The molecule has 1 aliphatic heterocycles. The monoisotopic (exact) mass is 258 g/mol. The van der Waals surface area contributed by atoms with Crippen molar-refractivity contribution in [2.45, 2.75) is 38.8 Å². The van der Waals surface area contributed by atoms with E-state index in [2.05, 4.69) is 0 Å². The number of morpholine rings is 1. The predicted octanol–water partition coefficient (Wildman–Crippen LogP) is 1.01. The number of carbonyl (C=O) groups excluding carboxylic acids is 1. The standard InChI is InChI=1S/C12H22N2O4/c1-5-9-8-18-7-6-14(9)11(17)13(4)12(2,3)10(15)16/h9H,5-8H2,1-4H3,(H,15,16). The summed E-state index contributed by atoms with van der Waals surface area (Å²) in [6.07, 6.45) is 0.799. The number of hydrogen-bond donors (Lipinski definition) is 1. The van der Waals surface area contributed by atoms with Crippen LogP contribution in [0.15, 0.2) is 0 Å². The van der Waals surface area contributed by atoms with Crippen LogP contribution in [0.2, 0.25) is 0 Å². The van der Waals surface area contributed by atoms with Gasteiger partial charge in [-0.25, -0.2) is 9.59 Å². The Labute approximate surface area is 107 Å². The first-order valence-corrected chi connectivity index (χ1v) is 6.18. The zero-order valence-corrected chi connectivity index (χ0v) is 11.5. The predicted molar refractivity (Wildman–Crippen MR) is 66.5 cm³/mol. The van der Waals surface area contributed by atoms with Gasteiger partial charge in [-0.05, 0) is 20.3 Å². The highest BCUT2D eigenvalue weighted by atomic mass is 16.5. The molecular formula is C12H22N2O4. The van der Waals surface area contributed by atoms with Gasteiger partial charge in [0, 0.05) is 13.6 Å². The largest absolute Gasteiger partial charge is 0.480 e. The maximum absolute atomic E-state index is 12.4. The van der Waals surface area contributed by atoms with E-state index in [-0.39, 0.29) is 12.1 Å². The molecule has 1 aliphatic rings. The third-order valence-corrected chi connectivity index (χ3v) is 3.59. The van der Waals surface area contributed by atoms with Gasteiger partial charge in [-0.2, -0.15) is 0 Å². The third-order valence-electron chi connectivity index (χ3n) is 3.59. The Balaban J connectivity index is 2.82. The molecule has 1 fully saturated rings. The number of ether oxygens (including phenoxy) is 1. The van der Waals surface area contributed by atoms with Crippen molar-refractivity contribution in [2.75, 3.05) is 26.8 Å². The minimum absolute atomic E-state index is 0.0262. The van der Waals surface area contributed by atoms with Crippen LogP contribution in [0.4, 0.5) is 4.79 Å². The molecule has 1 saturated heterocycles. The van der Waals surface area contributed by atoms with Crippen molar-refractivity contribution < 1.29 is 19.4 Å². The maximum atomic E-state index is 12.4. The van der Waals surface area contributed by atoms with E-state index in [1.165, 1.54) is 25.8 Å². The van der Waals surface area contributed by atoms with Gasteiger partial charge in [-0.1, -0.05) is 6.92 Å². The Morgan fingerprint density at radius 1 is 1.50 bits per heavy atom. The topological polar surface area (TPSA) is 70.1 Å². The number of amides is 2. The summed E-state index contributed by atoms with van der Waals surface area (Å²) in [6.45, 7) is 6.57. The molecule has 6 nitrogen and oxygen atoms in total. The van der Waals surface area contributed by atoms with Gasteiger partial charge in [0.25, 0.3) is 0 Å². The highest BCUT2D eigenvalue weighted by molar-refractivity contribution is 5.85. The van der Waals surface area contributed by atoms with E-state index in [9.17, 15) is 9.59 Å². The van der Waals surface area contributed by atoms with Crippen molar-refractivity contribution in [2.24, 2.45) is 0 Å². The maximum Gasteiger partial charge on any atom is 0.329 e. The highest BCUT2D eigenvalue weighted by Gasteiger charge is 2.39. The first-order valence-electron chi connectivity index (χ1n) is 6.18. The van der Waals surface area contributed by atoms with Gasteiger partial charge in [-0.15, -0.1) is 0 Å². The molecule has 0 radical (unpaired) electrons. The van der Waals surface area contributed by atoms with Crippen LogP contribution < -0.4 is 0 Å². The fraction of sp³-hybridized carbons (Fsp3) is 0.833. The Morgan fingerprint density at radius 3 is 2.61 bits per heavy atom. The van der Waals surface area contributed by atoms with E-state index in [4.69, 9.17) is 9.84 Å². The highest BCUT2D eigenvalue weighted by Crippen LogP contribution is 2.18. The van der Waals surface area contributed by atoms with Crippen LogP contribution in [-0.2, 0) is 9.53 Å². The summed E-state index contributed by atoms with van der Waals surface area (Å²) in [6, 6.07) is -0.226. The SMILES string of the molecule is CCC1COCCN1C(=O)N(C)C(C)(C)C(=O)O. The summed E-state index contributed by atoms with van der Waals surface area (Å²) < 4.78 is 5.34. The third kappa shape index (κ3) is 2.75. The average Bonchev–Trinajstić information content (AvgIpc) is 2.36. The average molecular weight is 258 g/mol.